The Morgan fingerprint density at radius 1 is 0.276 bits per heavy atom. The zero-order valence-corrected chi connectivity index (χ0v) is 72.8. The van der Waals surface area contributed by atoms with Crippen molar-refractivity contribution >= 4 is 0 Å². The Morgan fingerprint density at radius 2 is 0.455 bits per heavy atom. The summed E-state index contributed by atoms with van der Waals surface area (Å²) in [5.74, 6) is 0. The average molecular weight is 1920 g/mol. The summed E-state index contributed by atoms with van der Waals surface area (Å²) >= 11 is 0. The molecule has 2 saturated heterocycles. The van der Waals surface area contributed by atoms with Crippen molar-refractivity contribution in [3.05, 3.63) is 329 Å². The van der Waals surface area contributed by atoms with Crippen LogP contribution < -0.4 is 33.6 Å². The monoisotopic (exact) mass is 1910 g/mol. The van der Waals surface area contributed by atoms with E-state index in [1.807, 2.05) is 121 Å². The zero-order chi connectivity index (χ0) is 100.0. The Morgan fingerprint density at radius 3 is 0.627 bits per heavy atom. The number of aliphatic hydroxyl groups excluding tert-OH is 1. The lowest BCUT2D eigenvalue weighted by Crippen LogP contribution is -2.60. The van der Waals surface area contributed by atoms with Gasteiger partial charge >= 0.3 is 49.4 Å². The Kier molecular flexibility index (Phi) is 34.9. The van der Waals surface area contributed by atoms with E-state index < -0.39 is 163 Å². The van der Waals surface area contributed by atoms with Gasteiger partial charge in [-0.15, -0.1) is 0 Å². The van der Waals surface area contributed by atoms with Gasteiger partial charge in [-0.05, 0) is 184 Å². The lowest BCUT2D eigenvalue weighted by atomic mass is 9.67. The molecule has 2 aliphatic carbocycles. The minimum atomic E-state index is -4.93. The highest BCUT2D eigenvalue weighted by Crippen LogP contribution is 2.50. The summed E-state index contributed by atoms with van der Waals surface area (Å²) in [5, 5.41) is 13.5. The Labute approximate surface area is 758 Å². The minimum absolute atomic E-state index is 0.0378. The molecule has 15 nitrogen and oxygen atoms in total. The second-order valence-corrected chi connectivity index (χ2v) is 33.9. The van der Waals surface area contributed by atoms with Crippen LogP contribution in [0.15, 0.2) is 194 Å². The molecule has 2 heterocycles. The summed E-state index contributed by atoms with van der Waals surface area (Å²) in [4.78, 5) is 14.0. The molecule has 0 unspecified atom stereocenters. The van der Waals surface area contributed by atoms with Crippen molar-refractivity contribution in [1.29, 1.82) is 0 Å². The van der Waals surface area contributed by atoms with Crippen LogP contribution in [0.1, 0.15) is 218 Å². The van der Waals surface area contributed by atoms with E-state index in [9.17, 15) is 105 Å². The number of nitrogens with one attached hydrogen (secondary N) is 2. The molecule has 726 valence electrons. The molecule has 0 spiro atoms. The fourth-order valence-corrected chi connectivity index (χ4v) is 16.0. The number of ether oxygens (including phenoxy) is 4. The quantitative estimate of drug-likeness (QED) is 0.0283. The van der Waals surface area contributed by atoms with Crippen LogP contribution in [0.25, 0.3) is 19.4 Å². The molecule has 11 N–H and O–H groups in total. The van der Waals surface area contributed by atoms with Crippen LogP contribution in [-0.4, -0.2) is 74.4 Å². The van der Waals surface area contributed by atoms with E-state index in [-0.39, 0.29) is 86.0 Å². The van der Waals surface area contributed by atoms with Gasteiger partial charge in [-0.1, -0.05) is 121 Å². The fraction of sp³-hybridized carbons (Fsp3) is 0.453. The second kappa shape index (κ2) is 42.9. The number of piperidine rings is 2. The highest BCUT2D eigenvalue weighted by atomic mass is 19.4. The Balaban J connectivity index is 0.000000218. The molecule has 0 aromatic heterocycles. The standard InChI is InChI=1S/2C24H24F6N2O.2C23H23F6N3O.CH4O/c2*1-16(17-12-19(23(25,26)27)14-20(13-17)24(28,29)30)33-15-21(18-6-4-3-5-7-18)8-10-22(31,32-2)11-9-21;2*1-15(16-10-18(22(24,25)26)12-19(11-16)23(27,28)29)33-14-20(17-6-4-3-5-7-17)8-9-21(30,31-2)13-32-20;1-2/h2*3-7,12-14,16H,8-11,15,31H2,1H3;2*3-7,10-12,15,32H,8-9,13-14,30H2,1H3;2H,1H3/t2*16-,21?,22?;2*15-,20-,21-;/m1111./s1. The number of hydrogen-bond donors (Lipinski definition) is 7. The van der Waals surface area contributed by atoms with E-state index in [1.54, 1.807) is 0 Å². The number of nitrogens with zero attached hydrogens (tertiary/aromatic N) is 4. The third-order valence-corrected chi connectivity index (χ3v) is 24.6. The number of alkyl halides is 24. The molecule has 0 bridgehead atoms. The summed E-state index contributed by atoms with van der Waals surface area (Å²) in [6, 6.07) is 42.8. The summed E-state index contributed by atoms with van der Waals surface area (Å²) in [7, 11) is 1.00. The SMILES string of the molecule is CO.[C-]#[N+]C1(N)CCC(CO[C@H](C)c2cc(C(F)(F)F)cc(C(F)(F)F)c2)(c2ccccc2)CC1.[C-]#[N+]C1(N)CCC(CO[C@H](C)c2cc(C(F)(F)F)cc(C(F)(F)F)c2)(c2ccccc2)CC1.[C-]#[N+][C@]1(N)CC[C@@](CO[C@H](C)c2cc(C(F)(F)F)cc(C(F)(F)F)c2)(c2ccccc2)NC1.[C-]#[N+][C@]1(N)CC[C@@](CO[C@H](C)c2cc(C(F)(F)F)cc(C(F)(F)F)c2)(c2ccccc2)NC1. The molecule has 2 aliphatic heterocycles. The largest absolute Gasteiger partial charge is 0.416 e. The van der Waals surface area contributed by atoms with Crippen molar-refractivity contribution in [3.63, 3.8) is 0 Å². The zero-order valence-electron chi connectivity index (χ0n) is 72.8. The van der Waals surface area contributed by atoms with Gasteiger partial charge in [-0.2, -0.15) is 105 Å². The number of benzene rings is 8. The first-order valence-corrected chi connectivity index (χ1v) is 41.6. The molecule has 39 heteroatoms. The maximum absolute atomic E-state index is 13.2. The molecule has 134 heavy (non-hydrogen) atoms. The van der Waals surface area contributed by atoms with Crippen LogP contribution in [-0.2, 0) is 90.3 Å². The molecule has 8 aromatic rings. The van der Waals surface area contributed by atoms with Crippen molar-refractivity contribution in [1.82, 2.24) is 10.6 Å². The minimum Gasteiger partial charge on any atom is -0.400 e. The van der Waals surface area contributed by atoms with Crippen LogP contribution in [0.5, 0.6) is 0 Å². The van der Waals surface area contributed by atoms with E-state index >= 15 is 0 Å². The van der Waals surface area contributed by atoms with Crippen molar-refractivity contribution in [2.45, 2.75) is 223 Å². The molecular weight excluding hydrogens is 1820 g/mol. The number of nitrogens with two attached hydrogens (primary N) is 4. The van der Waals surface area contributed by atoms with Gasteiger partial charge in [0.1, 0.15) is 0 Å². The van der Waals surface area contributed by atoms with E-state index in [0.717, 1.165) is 29.4 Å². The number of rotatable bonds is 20. The highest BCUT2D eigenvalue weighted by Gasteiger charge is 2.52. The Bertz CT molecular complexity index is 4550. The maximum atomic E-state index is 13.2. The van der Waals surface area contributed by atoms with Gasteiger partial charge in [0.05, 0.1) is 120 Å². The van der Waals surface area contributed by atoms with Crippen molar-refractivity contribution in [2.24, 2.45) is 22.9 Å². The van der Waals surface area contributed by atoms with Gasteiger partial charge < -0.3 is 24.1 Å². The Hall–Kier alpha value is -10.4. The first-order valence-electron chi connectivity index (χ1n) is 41.6. The van der Waals surface area contributed by atoms with Gasteiger partial charge in [0.15, 0.2) is 0 Å². The van der Waals surface area contributed by atoms with Gasteiger partial charge in [0, 0.05) is 56.5 Å². The smallest absolute Gasteiger partial charge is 0.400 e. The topological polar surface area (TPSA) is 203 Å². The molecular formula is C95H98F24N10O5. The lowest BCUT2D eigenvalue weighted by molar-refractivity contribution is -0.145. The third kappa shape index (κ3) is 28.4. The predicted molar refractivity (Wildman–Crippen MR) is 449 cm³/mol. The van der Waals surface area contributed by atoms with E-state index in [1.165, 1.54) is 27.7 Å². The molecule has 4 fully saturated rings. The maximum Gasteiger partial charge on any atom is 0.416 e. The lowest BCUT2D eigenvalue weighted by Gasteiger charge is -2.42. The van der Waals surface area contributed by atoms with Crippen LogP contribution >= 0.6 is 0 Å². The van der Waals surface area contributed by atoms with Crippen LogP contribution in [0.4, 0.5) is 105 Å². The summed E-state index contributed by atoms with van der Waals surface area (Å²) in [6.45, 7) is 35.3. The number of aliphatic hydroxyl groups is 1. The summed E-state index contributed by atoms with van der Waals surface area (Å²) < 4.78 is 341. The van der Waals surface area contributed by atoms with Crippen LogP contribution in [0.2, 0.25) is 0 Å². The molecule has 8 aromatic carbocycles. The molecule has 2 saturated carbocycles. The van der Waals surface area contributed by atoms with Crippen molar-refractivity contribution in [3.8, 4) is 0 Å². The van der Waals surface area contributed by atoms with E-state index in [4.69, 9.17) is 73.3 Å². The summed E-state index contributed by atoms with van der Waals surface area (Å²) in [6.07, 6.45) is -38.4. The van der Waals surface area contributed by atoms with Gasteiger partial charge in [-0.3, -0.25) is 52.9 Å². The first-order chi connectivity index (χ1) is 62.1. The van der Waals surface area contributed by atoms with Crippen LogP contribution in [0, 0.1) is 26.3 Å². The van der Waals surface area contributed by atoms with Gasteiger partial charge in [0.25, 0.3) is 22.7 Å². The van der Waals surface area contributed by atoms with Crippen LogP contribution in [0.3, 0.4) is 0 Å². The van der Waals surface area contributed by atoms with E-state index in [0.29, 0.717) is 126 Å². The van der Waals surface area contributed by atoms with E-state index in [2.05, 4.69) is 30.0 Å². The number of halogens is 24. The second-order valence-electron chi connectivity index (χ2n) is 33.9. The molecule has 8 atom stereocenters. The molecule has 0 radical (unpaired) electrons. The van der Waals surface area contributed by atoms with Crippen molar-refractivity contribution < 1.29 is 129 Å². The highest BCUT2D eigenvalue weighted by molar-refractivity contribution is 5.41. The average Bonchev–Trinajstić information content (AvgIpc) is 0.764. The predicted octanol–water partition coefficient (Wildman–Crippen LogP) is 24.7. The van der Waals surface area contributed by atoms with Gasteiger partial charge in [-0.25, -0.2) is 26.3 Å². The molecule has 0 amide bonds. The number of hydrogen-bond acceptors (Lipinski definition) is 11. The third-order valence-electron chi connectivity index (χ3n) is 24.6. The summed E-state index contributed by atoms with van der Waals surface area (Å²) in [5.41, 5.74) is 9.11. The normalized spacial score (nSPS) is 24.5. The molecule has 4 aliphatic rings. The molecule has 12 rings (SSSR count). The van der Waals surface area contributed by atoms with Gasteiger partial charge in [0.2, 0.25) is 0 Å². The van der Waals surface area contributed by atoms with Crippen molar-refractivity contribution in [2.75, 3.05) is 46.6 Å². The fourth-order valence-electron chi connectivity index (χ4n) is 16.0. The first kappa shape index (κ1) is 109.